The summed E-state index contributed by atoms with van der Waals surface area (Å²) >= 11 is 0. The molecular formula is C13H24N2O2. The molecule has 0 spiro atoms. The highest BCUT2D eigenvalue weighted by atomic mass is 16.5. The van der Waals surface area contributed by atoms with Crippen molar-refractivity contribution in [1.29, 1.82) is 0 Å². The van der Waals surface area contributed by atoms with Crippen LogP contribution >= 0.6 is 0 Å². The summed E-state index contributed by atoms with van der Waals surface area (Å²) in [6.45, 7) is 4.25. The lowest BCUT2D eigenvalue weighted by Crippen LogP contribution is -2.49. The van der Waals surface area contributed by atoms with Gasteiger partial charge in [-0.05, 0) is 51.5 Å². The SMILES string of the molecule is CC1(NC(=O)C2CCC(CN)CC2)CCOC1. The lowest BCUT2D eigenvalue weighted by atomic mass is 9.81. The van der Waals surface area contributed by atoms with Gasteiger partial charge in [0.05, 0.1) is 12.1 Å². The lowest BCUT2D eigenvalue weighted by Gasteiger charge is -2.30. The molecule has 2 fully saturated rings. The smallest absolute Gasteiger partial charge is 0.223 e. The van der Waals surface area contributed by atoms with Crippen LogP contribution in [0.3, 0.4) is 0 Å². The molecule has 17 heavy (non-hydrogen) atoms. The number of nitrogens with two attached hydrogens (primary N) is 1. The fraction of sp³-hybridized carbons (Fsp3) is 0.923. The zero-order valence-electron chi connectivity index (χ0n) is 10.7. The van der Waals surface area contributed by atoms with Crippen LogP contribution in [-0.4, -0.2) is 31.2 Å². The minimum atomic E-state index is -0.137. The topological polar surface area (TPSA) is 64.4 Å². The van der Waals surface area contributed by atoms with E-state index < -0.39 is 0 Å². The highest BCUT2D eigenvalue weighted by molar-refractivity contribution is 5.79. The third-order valence-electron chi connectivity index (χ3n) is 4.19. The van der Waals surface area contributed by atoms with Gasteiger partial charge in [0.2, 0.25) is 5.91 Å². The van der Waals surface area contributed by atoms with Crippen LogP contribution in [0.2, 0.25) is 0 Å². The Labute approximate surface area is 103 Å². The largest absolute Gasteiger partial charge is 0.379 e. The van der Waals surface area contributed by atoms with Crippen LogP contribution in [-0.2, 0) is 9.53 Å². The first-order chi connectivity index (χ1) is 8.13. The summed E-state index contributed by atoms with van der Waals surface area (Å²) in [5.74, 6) is 1.04. The number of ether oxygens (including phenoxy) is 1. The first-order valence-corrected chi connectivity index (χ1v) is 6.73. The van der Waals surface area contributed by atoms with Crippen molar-refractivity contribution in [2.45, 2.75) is 44.6 Å². The molecule has 2 rings (SSSR count). The van der Waals surface area contributed by atoms with Gasteiger partial charge in [-0.15, -0.1) is 0 Å². The van der Waals surface area contributed by atoms with Crippen molar-refractivity contribution in [2.75, 3.05) is 19.8 Å². The van der Waals surface area contributed by atoms with Crippen LogP contribution in [0.5, 0.6) is 0 Å². The molecule has 2 aliphatic rings. The quantitative estimate of drug-likeness (QED) is 0.775. The zero-order valence-corrected chi connectivity index (χ0v) is 10.7. The van der Waals surface area contributed by atoms with Crippen LogP contribution in [0.4, 0.5) is 0 Å². The first-order valence-electron chi connectivity index (χ1n) is 6.73. The normalized spacial score (nSPS) is 38.0. The van der Waals surface area contributed by atoms with E-state index in [2.05, 4.69) is 12.2 Å². The lowest BCUT2D eigenvalue weighted by molar-refractivity contribution is -0.128. The summed E-state index contributed by atoms with van der Waals surface area (Å²) in [6.07, 6.45) is 5.11. The van der Waals surface area contributed by atoms with Crippen LogP contribution in [0.25, 0.3) is 0 Å². The summed E-state index contributed by atoms with van der Waals surface area (Å²) < 4.78 is 5.35. The summed E-state index contributed by atoms with van der Waals surface area (Å²) in [4.78, 5) is 12.2. The molecule has 1 heterocycles. The molecule has 1 aliphatic heterocycles. The Morgan fingerprint density at radius 1 is 1.41 bits per heavy atom. The predicted octanol–water partition coefficient (Wildman–Crippen LogP) is 1.05. The minimum absolute atomic E-state index is 0.137. The van der Waals surface area contributed by atoms with Crippen molar-refractivity contribution in [3.05, 3.63) is 0 Å². The molecule has 0 aromatic heterocycles. The standard InChI is InChI=1S/C13H24N2O2/c1-13(6-7-17-9-13)15-12(16)11-4-2-10(8-14)3-5-11/h10-11H,2-9,14H2,1H3,(H,15,16). The maximum atomic E-state index is 12.2. The summed E-state index contributed by atoms with van der Waals surface area (Å²) in [5.41, 5.74) is 5.52. The minimum Gasteiger partial charge on any atom is -0.379 e. The Balaban J connectivity index is 1.80. The molecule has 1 amide bonds. The summed E-state index contributed by atoms with van der Waals surface area (Å²) in [5, 5.41) is 3.16. The average molecular weight is 240 g/mol. The molecule has 98 valence electrons. The molecular weight excluding hydrogens is 216 g/mol. The van der Waals surface area contributed by atoms with E-state index in [1.54, 1.807) is 0 Å². The zero-order chi connectivity index (χ0) is 12.3. The van der Waals surface area contributed by atoms with Gasteiger partial charge >= 0.3 is 0 Å². The van der Waals surface area contributed by atoms with Gasteiger partial charge in [0, 0.05) is 12.5 Å². The fourth-order valence-corrected chi connectivity index (χ4v) is 2.83. The van der Waals surface area contributed by atoms with Crippen LogP contribution in [0.15, 0.2) is 0 Å². The maximum Gasteiger partial charge on any atom is 0.223 e. The molecule has 0 aromatic rings. The Hall–Kier alpha value is -0.610. The average Bonchev–Trinajstić information content (AvgIpc) is 2.76. The van der Waals surface area contributed by atoms with Gasteiger partial charge < -0.3 is 15.8 Å². The number of nitrogens with one attached hydrogen (secondary N) is 1. The molecule has 0 bridgehead atoms. The molecule has 1 unspecified atom stereocenters. The molecule has 4 nitrogen and oxygen atoms in total. The molecule has 1 saturated carbocycles. The Morgan fingerprint density at radius 3 is 2.65 bits per heavy atom. The van der Waals surface area contributed by atoms with Gasteiger partial charge in [0.25, 0.3) is 0 Å². The third kappa shape index (κ3) is 3.19. The second-order valence-electron chi connectivity index (χ2n) is 5.81. The highest BCUT2D eigenvalue weighted by Crippen LogP contribution is 2.29. The van der Waals surface area contributed by atoms with E-state index in [4.69, 9.17) is 10.5 Å². The van der Waals surface area contributed by atoms with E-state index in [1.807, 2.05) is 0 Å². The fourth-order valence-electron chi connectivity index (χ4n) is 2.83. The summed E-state index contributed by atoms with van der Waals surface area (Å²) in [7, 11) is 0. The molecule has 1 atom stereocenters. The van der Waals surface area contributed by atoms with Crippen molar-refractivity contribution in [3.63, 3.8) is 0 Å². The van der Waals surface area contributed by atoms with Crippen molar-refractivity contribution < 1.29 is 9.53 Å². The van der Waals surface area contributed by atoms with Crippen LogP contribution < -0.4 is 11.1 Å². The van der Waals surface area contributed by atoms with E-state index in [-0.39, 0.29) is 17.4 Å². The summed E-state index contributed by atoms with van der Waals surface area (Å²) in [6, 6.07) is 0. The second-order valence-corrected chi connectivity index (χ2v) is 5.81. The van der Waals surface area contributed by atoms with Gasteiger partial charge in [0.15, 0.2) is 0 Å². The van der Waals surface area contributed by atoms with Gasteiger partial charge in [-0.3, -0.25) is 4.79 Å². The molecule has 0 radical (unpaired) electrons. The number of hydrogen-bond acceptors (Lipinski definition) is 3. The number of amides is 1. The molecule has 3 N–H and O–H groups in total. The van der Waals surface area contributed by atoms with E-state index in [0.29, 0.717) is 12.5 Å². The Bertz CT molecular complexity index is 267. The molecule has 4 heteroatoms. The maximum absolute atomic E-state index is 12.2. The molecule has 1 saturated heterocycles. The molecule has 1 aliphatic carbocycles. The van der Waals surface area contributed by atoms with E-state index in [0.717, 1.165) is 45.3 Å². The van der Waals surface area contributed by atoms with Crippen LogP contribution in [0.1, 0.15) is 39.0 Å². The number of hydrogen-bond donors (Lipinski definition) is 2. The van der Waals surface area contributed by atoms with E-state index in [1.165, 1.54) is 0 Å². The van der Waals surface area contributed by atoms with Gasteiger partial charge in [0.1, 0.15) is 0 Å². The number of rotatable bonds is 3. The first kappa shape index (κ1) is 12.8. The van der Waals surface area contributed by atoms with Crippen molar-refractivity contribution in [2.24, 2.45) is 17.6 Å². The van der Waals surface area contributed by atoms with Crippen molar-refractivity contribution >= 4 is 5.91 Å². The Morgan fingerprint density at radius 2 is 2.12 bits per heavy atom. The highest BCUT2D eigenvalue weighted by Gasteiger charge is 2.34. The van der Waals surface area contributed by atoms with Crippen molar-refractivity contribution in [1.82, 2.24) is 5.32 Å². The van der Waals surface area contributed by atoms with Gasteiger partial charge in [-0.1, -0.05) is 0 Å². The van der Waals surface area contributed by atoms with Gasteiger partial charge in [-0.2, -0.15) is 0 Å². The Kier molecular flexibility index (Phi) is 4.05. The predicted molar refractivity (Wildman–Crippen MR) is 66.5 cm³/mol. The second kappa shape index (κ2) is 5.36. The molecule has 0 aromatic carbocycles. The van der Waals surface area contributed by atoms with E-state index >= 15 is 0 Å². The van der Waals surface area contributed by atoms with Gasteiger partial charge in [-0.25, -0.2) is 0 Å². The third-order valence-corrected chi connectivity index (χ3v) is 4.19. The number of carbonyl (C=O) groups is 1. The van der Waals surface area contributed by atoms with E-state index in [9.17, 15) is 4.79 Å². The monoisotopic (exact) mass is 240 g/mol. The van der Waals surface area contributed by atoms with Crippen LogP contribution in [0, 0.1) is 11.8 Å². The number of carbonyl (C=O) groups excluding carboxylic acids is 1. The van der Waals surface area contributed by atoms with Crippen molar-refractivity contribution in [3.8, 4) is 0 Å².